The second kappa shape index (κ2) is 9.57. The first-order valence-electron chi connectivity index (χ1n) is 9.12. The zero-order valence-corrected chi connectivity index (χ0v) is 15.5. The van der Waals surface area contributed by atoms with Crippen molar-refractivity contribution in [1.82, 2.24) is 10.3 Å². The van der Waals surface area contributed by atoms with Gasteiger partial charge in [0.1, 0.15) is 17.0 Å². The highest BCUT2D eigenvalue weighted by Gasteiger charge is 2.04. The molecule has 5 nitrogen and oxygen atoms in total. The van der Waals surface area contributed by atoms with Crippen LogP contribution in [0.5, 0.6) is 11.5 Å². The zero-order chi connectivity index (χ0) is 18.9. The van der Waals surface area contributed by atoms with Crippen molar-refractivity contribution >= 4 is 16.8 Å². The molecule has 2 aromatic carbocycles. The Labute approximate surface area is 159 Å². The van der Waals surface area contributed by atoms with Crippen molar-refractivity contribution in [3.8, 4) is 11.5 Å². The maximum atomic E-state index is 12.0. The standard InChI is InChI=1S/C22H24N2O3/c1-26-19-11-8-17(9-12-19)10-13-21(25)23-15-4-16-27-20-7-2-5-18-6-3-14-24-22(18)20/h2-3,5-9,11-12,14H,4,10,13,15-16H2,1H3,(H,23,25). The molecular weight excluding hydrogens is 340 g/mol. The van der Waals surface area contributed by atoms with Gasteiger partial charge in [0.25, 0.3) is 0 Å². The van der Waals surface area contributed by atoms with Gasteiger partial charge in [0.15, 0.2) is 0 Å². The maximum Gasteiger partial charge on any atom is 0.220 e. The van der Waals surface area contributed by atoms with E-state index in [2.05, 4.69) is 10.3 Å². The fourth-order valence-electron chi connectivity index (χ4n) is 2.81. The molecule has 1 aromatic heterocycles. The number of ether oxygens (including phenoxy) is 2. The van der Waals surface area contributed by atoms with Crippen LogP contribution in [0.1, 0.15) is 18.4 Å². The summed E-state index contributed by atoms with van der Waals surface area (Å²) >= 11 is 0. The molecule has 1 N–H and O–H groups in total. The summed E-state index contributed by atoms with van der Waals surface area (Å²) in [7, 11) is 1.64. The van der Waals surface area contributed by atoms with Crippen LogP contribution in [0.15, 0.2) is 60.8 Å². The van der Waals surface area contributed by atoms with Gasteiger partial charge < -0.3 is 14.8 Å². The monoisotopic (exact) mass is 364 g/mol. The lowest BCUT2D eigenvalue weighted by molar-refractivity contribution is -0.121. The molecule has 1 amide bonds. The minimum atomic E-state index is 0.0534. The van der Waals surface area contributed by atoms with Crippen molar-refractivity contribution in [2.75, 3.05) is 20.3 Å². The number of amides is 1. The average Bonchev–Trinajstić information content (AvgIpc) is 2.72. The van der Waals surface area contributed by atoms with Crippen molar-refractivity contribution in [3.63, 3.8) is 0 Å². The van der Waals surface area contributed by atoms with Gasteiger partial charge in [0.2, 0.25) is 5.91 Å². The van der Waals surface area contributed by atoms with Crippen LogP contribution in [0.25, 0.3) is 10.9 Å². The van der Waals surface area contributed by atoms with Gasteiger partial charge in [0, 0.05) is 24.5 Å². The number of aromatic nitrogens is 1. The summed E-state index contributed by atoms with van der Waals surface area (Å²) < 4.78 is 11.0. The molecule has 0 aliphatic heterocycles. The van der Waals surface area contributed by atoms with E-state index in [4.69, 9.17) is 9.47 Å². The van der Waals surface area contributed by atoms with Crippen LogP contribution in [0.3, 0.4) is 0 Å². The van der Waals surface area contributed by atoms with E-state index in [1.165, 1.54) is 0 Å². The highest BCUT2D eigenvalue weighted by Crippen LogP contribution is 2.22. The second-order valence-electron chi connectivity index (χ2n) is 6.23. The van der Waals surface area contributed by atoms with Gasteiger partial charge in [-0.25, -0.2) is 0 Å². The molecule has 0 aliphatic carbocycles. The van der Waals surface area contributed by atoms with Gasteiger partial charge in [-0.1, -0.05) is 30.3 Å². The van der Waals surface area contributed by atoms with E-state index in [0.717, 1.165) is 34.4 Å². The largest absolute Gasteiger partial charge is 0.497 e. The van der Waals surface area contributed by atoms with E-state index in [1.54, 1.807) is 13.3 Å². The minimum absolute atomic E-state index is 0.0534. The van der Waals surface area contributed by atoms with E-state index < -0.39 is 0 Å². The maximum absolute atomic E-state index is 12.0. The fraction of sp³-hybridized carbons (Fsp3) is 0.273. The summed E-state index contributed by atoms with van der Waals surface area (Å²) in [5, 5.41) is 4.00. The Balaban J connectivity index is 1.35. The predicted molar refractivity (Wildman–Crippen MR) is 106 cm³/mol. The first kappa shape index (κ1) is 18.7. The molecule has 27 heavy (non-hydrogen) atoms. The van der Waals surface area contributed by atoms with Crippen LogP contribution >= 0.6 is 0 Å². The Hall–Kier alpha value is -3.08. The lowest BCUT2D eigenvalue weighted by Crippen LogP contribution is -2.25. The summed E-state index contributed by atoms with van der Waals surface area (Å²) in [5.74, 6) is 1.65. The highest BCUT2D eigenvalue weighted by atomic mass is 16.5. The molecule has 0 fully saturated rings. The van der Waals surface area contributed by atoms with Crippen LogP contribution in [0.2, 0.25) is 0 Å². The highest BCUT2D eigenvalue weighted by molar-refractivity contribution is 5.84. The number of carbonyl (C=O) groups excluding carboxylic acids is 1. The van der Waals surface area contributed by atoms with Crippen LogP contribution in [-0.2, 0) is 11.2 Å². The SMILES string of the molecule is COc1ccc(CCC(=O)NCCCOc2cccc3cccnc23)cc1. The molecule has 1 heterocycles. The molecule has 0 saturated carbocycles. The normalized spacial score (nSPS) is 10.6. The number of para-hydroxylation sites is 1. The van der Waals surface area contributed by atoms with Gasteiger partial charge in [-0.3, -0.25) is 9.78 Å². The number of fused-ring (bicyclic) bond motifs is 1. The van der Waals surface area contributed by atoms with E-state index in [1.807, 2.05) is 54.6 Å². The summed E-state index contributed by atoms with van der Waals surface area (Å²) in [5.41, 5.74) is 1.99. The third-order valence-corrected chi connectivity index (χ3v) is 4.30. The molecular formula is C22H24N2O3. The van der Waals surface area contributed by atoms with Crippen LogP contribution in [0, 0.1) is 0 Å². The van der Waals surface area contributed by atoms with Gasteiger partial charge in [-0.2, -0.15) is 0 Å². The third-order valence-electron chi connectivity index (χ3n) is 4.30. The number of rotatable bonds is 9. The summed E-state index contributed by atoms with van der Waals surface area (Å²) in [4.78, 5) is 16.3. The molecule has 140 valence electrons. The van der Waals surface area contributed by atoms with Crippen molar-refractivity contribution in [2.24, 2.45) is 0 Å². The first-order valence-corrected chi connectivity index (χ1v) is 9.12. The molecule has 3 rings (SSSR count). The summed E-state index contributed by atoms with van der Waals surface area (Å²) in [6, 6.07) is 17.6. The predicted octanol–water partition coefficient (Wildman–Crippen LogP) is 3.76. The minimum Gasteiger partial charge on any atom is -0.497 e. The Kier molecular flexibility index (Phi) is 6.63. The molecule has 0 spiro atoms. The van der Waals surface area contributed by atoms with Crippen LogP contribution < -0.4 is 14.8 Å². The average molecular weight is 364 g/mol. The van der Waals surface area contributed by atoms with Crippen molar-refractivity contribution in [1.29, 1.82) is 0 Å². The van der Waals surface area contributed by atoms with E-state index in [-0.39, 0.29) is 5.91 Å². The topological polar surface area (TPSA) is 60.5 Å². The quantitative estimate of drug-likeness (QED) is 0.587. The number of nitrogens with one attached hydrogen (secondary N) is 1. The molecule has 0 saturated heterocycles. The molecule has 0 atom stereocenters. The van der Waals surface area contributed by atoms with E-state index in [9.17, 15) is 4.79 Å². The first-order chi connectivity index (χ1) is 13.3. The number of pyridine rings is 1. The third kappa shape index (κ3) is 5.45. The molecule has 5 heteroatoms. The van der Waals surface area contributed by atoms with Crippen LogP contribution in [0.4, 0.5) is 0 Å². The van der Waals surface area contributed by atoms with E-state index >= 15 is 0 Å². The summed E-state index contributed by atoms with van der Waals surface area (Å²) in [6.45, 7) is 1.13. The van der Waals surface area contributed by atoms with Crippen molar-refractivity contribution in [2.45, 2.75) is 19.3 Å². The van der Waals surface area contributed by atoms with Gasteiger partial charge in [-0.05, 0) is 42.7 Å². The Bertz CT molecular complexity index is 873. The molecule has 0 radical (unpaired) electrons. The lowest BCUT2D eigenvalue weighted by atomic mass is 10.1. The number of methoxy groups -OCH3 is 1. The number of carbonyl (C=O) groups is 1. The second-order valence-corrected chi connectivity index (χ2v) is 6.23. The smallest absolute Gasteiger partial charge is 0.220 e. The number of hydrogen-bond acceptors (Lipinski definition) is 4. The van der Waals surface area contributed by atoms with Gasteiger partial charge in [-0.15, -0.1) is 0 Å². The van der Waals surface area contributed by atoms with Crippen molar-refractivity contribution in [3.05, 3.63) is 66.4 Å². The van der Waals surface area contributed by atoms with Gasteiger partial charge in [0.05, 0.1) is 13.7 Å². The molecule has 0 unspecified atom stereocenters. The number of aryl methyl sites for hydroxylation is 1. The Morgan fingerprint density at radius 3 is 2.70 bits per heavy atom. The fourth-order valence-corrected chi connectivity index (χ4v) is 2.81. The molecule has 0 aliphatic rings. The number of hydrogen-bond donors (Lipinski definition) is 1. The molecule has 0 bridgehead atoms. The molecule has 3 aromatic rings. The Morgan fingerprint density at radius 2 is 1.89 bits per heavy atom. The van der Waals surface area contributed by atoms with E-state index in [0.29, 0.717) is 26.0 Å². The number of nitrogens with zero attached hydrogens (tertiary/aromatic N) is 1. The van der Waals surface area contributed by atoms with Crippen LogP contribution in [-0.4, -0.2) is 31.2 Å². The Morgan fingerprint density at radius 1 is 1.07 bits per heavy atom. The number of benzene rings is 2. The zero-order valence-electron chi connectivity index (χ0n) is 15.5. The lowest BCUT2D eigenvalue weighted by Gasteiger charge is -2.09. The van der Waals surface area contributed by atoms with Gasteiger partial charge >= 0.3 is 0 Å². The van der Waals surface area contributed by atoms with Crippen molar-refractivity contribution < 1.29 is 14.3 Å². The summed E-state index contributed by atoms with van der Waals surface area (Å²) in [6.07, 6.45) is 3.70.